The van der Waals surface area contributed by atoms with Gasteiger partial charge in [-0.2, -0.15) is 0 Å². The first kappa shape index (κ1) is 13.3. The number of hydrogen-bond donors (Lipinski definition) is 1. The number of aromatic nitrogens is 2. The average Bonchev–Trinajstić information content (AvgIpc) is 2.76. The van der Waals surface area contributed by atoms with Crippen molar-refractivity contribution in [2.24, 2.45) is 0 Å². The Hall–Kier alpha value is -2.69. The quantitative estimate of drug-likeness (QED) is 0.784. The van der Waals surface area contributed by atoms with Gasteiger partial charge in [0.2, 0.25) is 0 Å². The van der Waals surface area contributed by atoms with Gasteiger partial charge < -0.3 is 5.32 Å². The number of rotatable bonds is 2. The number of hydrogen-bond acceptors (Lipinski definition) is 2. The van der Waals surface area contributed by atoms with Gasteiger partial charge in [-0.3, -0.25) is 9.20 Å². The molecule has 1 aromatic carbocycles. The number of carbonyl (C=O) groups is 1. The molecular weight excluding hydrogens is 269 g/mol. The second kappa shape index (κ2) is 5.01. The van der Waals surface area contributed by atoms with Crippen LogP contribution in [0.25, 0.3) is 5.65 Å². The van der Waals surface area contributed by atoms with Gasteiger partial charge in [0.1, 0.15) is 17.2 Å². The molecule has 1 N–H and O–H groups in total. The van der Waals surface area contributed by atoms with E-state index in [1.807, 2.05) is 25.3 Å². The van der Waals surface area contributed by atoms with Gasteiger partial charge in [-0.15, -0.1) is 0 Å². The lowest BCUT2D eigenvalue weighted by Crippen LogP contribution is -2.15. The first-order valence-electron chi connectivity index (χ1n) is 6.57. The zero-order valence-electron chi connectivity index (χ0n) is 11.7. The fraction of sp³-hybridized carbons (Fsp3) is 0.125. The van der Waals surface area contributed by atoms with Crippen molar-refractivity contribution < 1.29 is 9.18 Å². The Kier molecular flexibility index (Phi) is 3.17. The van der Waals surface area contributed by atoms with E-state index in [1.165, 1.54) is 24.3 Å². The lowest BCUT2D eigenvalue weighted by Gasteiger charge is -2.06. The summed E-state index contributed by atoms with van der Waals surface area (Å²) in [6, 6.07) is 9.50. The van der Waals surface area contributed by atoms with E-state index < -0.39 is 0 Å². The van der Waals surface area contributed by atoms with Crippen LogP contribution in [0, 0.1) is 19.7 Å². The standard InChI is InChI=1S/C16H14FN3O/c1-10-7-8-20-14(9-10)18-11(2)15(20)16(21)19-13-5-3-12(17)4-6-13/h3-9H,1-2H3,(H,19,21). The number of fused-ring (bicyclic) bond motifs is 1. The highest BCUT2D eigenvalue weighted by Crippen LogP contribution is 2.16. The van der Waals surface area contributed by atoms with Crippen LogP contribution in [0.1, 0.15) is 21.7 Å². The Morgan fingerprint density at radius 2 is 1.90 bits per heavy atom. The van der Waals surface area contributed by atoms with E-state index in [-0.39, 0.29) is 11.7 Å². The minimum atomic E-state index is -0.338. The van der Waals surface area contributed by atoms with E-state index in [9.17, 15) is 9.18 Å². The topological polar surface area (TPSA) is 46.4 Å². The predicted molar refractivity (Wildman–Crippen MR) is 79.0 cm³/mol. The summed E-state index contributed by atoms with van der Waals surface area (Å²) in [5.74, 6) is -0.607. The monoisotopic (exact) mass is 283 g/mol. The lowest BCUT2D eigenvalue weighted by molar-refractivity contribution is 0.102. The van der Waals surface area contributed by atoms with Crippen molar-refractivity contribution in [2.45, 2.75) is 13.8 Å². The maximum Gasteiger partial charge on any atom is 0.274 e. The van der Waals surface area contributed by atoms with Crippen LogP contribution in [0.3, 0.4) is 0 Å². The van der Waals surface area contributed by atoms with E-state index in [0.29, 0.717) is 17.1 Å². The van der Waals surface area contributed by atoms with Crippen LogP contribution in [0.2, 0.25) is 0 Å². The summed E-state index contributed by atoms with van der Waals surface area (Å²) in [7, 11) is 0. The molecule has 0 atom stereocenters. The molecule has 0 aliphatic heterocycles. The number of aryl methyl sites for hydroxylation is 2. The second-order valence-electron chi connectivity index (χ2n) is 4.94. The van der Waals surface area contributed by atoms with Crippen molar-refractivity contribution in [1.82, 2.24) is 9.38 Å². The van der Waals surface area contributed by atoms with E-state index >= 15 is 0 Å². The minimum absolute atomic E-state index is 0.268. The maximum atomic E-state index is 12.9. The van der Waals surface area contributed by atoms with Crippen LogP contribution < -0.4 is 5.32 Å². The molecule has 2 aromatic heterocycles. The number of nitrogens with one attached hydrogen (secondary N) is 1. The minimum Gasteiger partial charge on any atom is -0.321 e. The zero-order valence-corrected chi connectivity index (χ0v) is 11.7. The molecule has 4 nitrogen and oxygen atoms in total. The van der Waals surface area contributed by atoms with E-state index in [2.05, 4.69) is 10.3 Å². The van der Waals surface area contributed by atoms with Crippen LogP contribution in [0.15, 0.2) is 42.6 Å². The van der Waals surface area contributed by atoms with Gasteiger partial charge in [0.05, 0.1) is 5.69 Å². The molecule has 0 saturated carbocycles. The van der Waals surface area contributed by atoms with Crippen LogP contribution >= 0.6 is 0 Å². The molecule has 0 radical (unpaired) electrons. The second-order valence-corrected chi connectivity index (χ2v) is 4.94. The molecular formula is C16H14FN3O. The number of carbonyl (C=O) groups excluding carboxylic acids is 1. The van der Waals surface area contributed by atoms with Crippen molar-refractivity contribution >= 4 is 17.2 Å². The molecule has 0 aliphatic carbocycles. The molecule has 0 bridgehead atoms. The Morgan fingerprint density at radius 1 is 1.19 bits per heavy atom. The van der Waals surface area contributed by atoms with Gasteiger partial charge in [-0.05, 0) is 55.8 Å². The molecule has 3 aromatic rings. The fourth-order valence-electron chi connectivity index (χ4n) is 2.26. The average molecular weight is 283 g/mol. The number of anilines is 1. The third-order valence-corrected chi connectivity index (χ3v) is 3.27. The smallest absolute Gasteiger partial charge is 0.274 e. The molecule has 3 rings (SSSR count). The van der Waals surface area contributed by atoms with Gasteiger partial charge in [0.25, 0.3) is 5.91 Å². The predicted octanol–water partition coefficient (Wildman–Crippen LogP) is 3.34. The Labute approximate surface area is 121 Å². The Balaban J connectivity index is 1.97. The largest absolute Gasteiger partial charge is 0.321 e. The van der Waals surface area contributed by atoms with E-state index in [4.69, 9.17) is 0 Å². The Morgan fingerprint density at radius 3 is 2.62 bits per heavy atom. The number of halogens is 1. The number of imidazole rings is 1. The van der Waals surface area contributed by atoms with E-state index in [1.54, 1.807) is 11.3 Å². The van der Waals surface area contributed by atoms with Gasteiger partial charge in [-0.25, -0.2) is 9.37 Å². The number of amides is 1. The maximum absolute atomic E-state index is 12.9. The molecule has 5 heteroatoms. The van der Waals surface area contributed by atoms with E-state index in [0.717, 1.165) is 11.2 Å². The Bertz CT molecular complexity index is 821. The lowest BCUT2D eigenvalue weighted by atomic mass is 10.2. The molecule has 0 fully saturated rings. The van der Waals surface area contributed by atoms with Gasteiger partial charge >= 0.3 is 0 Å². The summed E-state index contributed by atoms with van der Waals surface area (Å²) < 4.78 is 14.6. The van der Waals surface area contributed by atoms with Crippen LogP contribution in [-0.2, 0) is 0 Å². The molecule has 0 saturated heterocycles. The normalized spacial score (nSPS) is 10.8. The SMILES string of the molecule is Cc1ccn2c(C(=O)Nc3ccc(F)cc3)c(C)nc2c1. The molecule has 1 amide bonds. The first-order chi connectivity index (χ1) is 10.0. The molecule has 0 spiro atoms. The van der Waals surface area contributed by atoms with Gasteiger partial charge in [0.15, 0.2) is 0 Å². The number of nitrogens with zero attached hydrogens (tertiary/aromatic N) is 2. The summed E-state index contributed by atoms with van der Waals surface area (Å²) >= 11 is 0. The third kappa shape index (κ3) is 2.50. The van der Waals surface area contributed by atoms with Crippen molar-refractivity contribution in [3.63, 3.8) is 0 Å². The molecule has 0 unspecified atom stereocenters. The zero-order chi connectivity index (χ0) is 15.0. The fourth-order valence-corrected chi connectivity index (χ4v) is 2.26. The van der Waals surface area contributed by atoms with Gasteiger partial charge in [0, 0.05) is 11.9 Å². The summed E-state index contributed by atoms with van der Waals surface area (Å²) in [5.41, 5.74) is 3.49. The summed E-state index contributed by atoms with van der Waals surface area (Å²) in [5, 5.41) is 2.75. The number of benzene rings is 1. The van der Waals surface area contributed by atoms with Gasteiger partial charge in [-0.1, -0.05) is 0 Å². The molecule has 0 aliphatic rings. The summed E-state index contributed by atoms with van der Waals surface area (Å²) in [6.07, 6.45) is 1.82. The highest BCUT2D eigenvalue weighted by molar-refractivity contribution is 6.04. The van der Waals surface area contributed by atoms with Crippen molar-refractivity contribution in [2.75, 3.05) is 5.32 Å². The highest BCUT2D eigenvalue weighted by Gasteiger charge is 2.16. The van der Waals surface area contributed by atoms with Crippen LogP contribution in [0.5, 0.6) is 0 Å². The molecule has 106 valence electrons. The summed E-state index contributed by atoms with van der Waals surface area (Å²) in [6.45, 7) is 3.77. The van der Waals surface area contributed by atoms with Crippen LogP contribution in [-0.4, -0.2) is 15.3 Å². The van der Waals surface area contributed by atoms with Crippen LogP contribution in [0.4, 0.5) is 10.1 Å². The molecule has 21 heavy (non-hydrogen) atoms. The van der Waals surface area contributed by atoms with Crippen molar-refractivity contribution in [3.8, 4) is 0 Å². The third-order valence-electron chi connectivity index (χ3n) is 3.27. The first-order valence-corrected chi connectivity index (χ1v) is 6.57. The summed E-state index contributed by atoms with van der Waals surface area (Å²) in [4.78, 5) is 16.8. The number of pyridine rings is 1. The molecule has 2 heterocycles. The van der Waals surface area contributed by atoms with Crippen molar-refractivity contribution in [1.29, 1.82) is 0 Å². The highest BCUT2D eigenvalue weighted by atomic mass is 19.1. The van der Waals surface area contributed by atoms with Crippen molar-refractivity contribution in [3.05, 3.63) is 65.4 Å².